The largest absolute Gasteiger partial charge is 0.396 e. The molecule has 0 bridgehead atoms. The normalized spacial score (nSPS) is 31.5. The van der Waals surface area contributed by atoms with Crippen LogP contribution in [-0.2, 0) is 0 Å². The lowest BCUT2D eigenvalue weighted by Gasteiger charge is -2.03. The number of rotatable bonds is 1. The number of aliphatic hydroxyl groups is 1. The third-order valence-electron chi connectivity index (χ3n) is 1.52. The number of hydroxylamine groups is 2. The van der Waals surface area contributed by atoms with Crippen LogP contribution in [0.15, 0.2) is 0 Å². The van der Waals surface area contributed by atoms with Gasteiger partial charge in [-0.1, -0.05) is 0 Å². The third kappa shape index (κ3) is 1.18. The van der Waals surface area contributed by atoms with Gasteiger partial charge < -0.3 is 10.3 Å². The molecule has 1 unspecified atom stereocenters. The van der Waals surface area contributed by atoms with Gasteiger partial charge in [-0.05, 0) is 12.3 Å². The molecule has 1 rings (SSSR count). The monoisotopic (exact) mass is 117 g/mol. The zero-order valence-corrected chi connectivity index (χ0v) is 4.75. The molecular weight excluding hydrogens is 106 g/mol. The highest BCUT2D eigenvalue weighted by molar-refractivity contribution is 4.68. The van der Waals surface area contributed by atoms with E-state index >= 15 is 0 Å². The molecule has 1 heterocycles. The zero-order chi connectivity index (χ0) is 5.98. The molecular formula is C5H11NO2. The standard InChI is InChI=1S/C5H11NO2/c7-4-5-1-2-6(8)3-5/h5,7-8H,1-4H2. The van der Waals surface area contributed by atoms with Crippen LogP contribution in [0, 0.1) is 5.92 Å². The minimum atomic E-state index is 0.205. The third-order valence-corrected chi connectivity index (χ3v) is 1.52. The van der Waals surface area contributed by atoms with Crippen molar-refractivity contribution in [2.24, 2.45) is 5.92 Å². The molecule has 0 saturated carbocycles. The first-order valence-electron chi connectivity index (χ1n) is 2.87. The fraction of sp³-hybridized carbons (Fsp3) is 1.00. The quantitative estimate of drug-likeness (QED) is 0.495. The maximum atomic E-state index is 8.75. The average molecular weight is 117 g/mol. The molecule has 0 spiro atoms. The molecule has 0 aliphatic carbocycles. The summed E-state index contributed by atoms with van der Waals surface area (Å²) in [6.45, 7) is 1.55. The van der Waals surface area contributed by atoms with E-state index < -0.39 is 0 Å². The second-order valence-electron chi connectivity index (χ2n) is 2.25. The molecule has 1 aliphatic rings. The number of hydrogen-bond donors (Lipinski definition) is 2. The maximum Gasteiger partial charge on any atom is 0.0472 e. The lowest BCUT2D eigenvalue weighted by atomic mass is 10.1. The van der Waals surface area contributed by atoms with Crippen molar-refractivity contribution >= 4 is 0 Å². The van der Waals surface area contributed by atoms with Crippen LogP contribution >= 0.6 is 0 Å². The van der Waals surface area contributed by atoms with Gasteiger partial charge in [-0.15, -0.1) is 0 Å². The molecule has 1 atom stereocenters. The van der Waals surface area contributed by atoms with E-state index in [1.54, 1.807) is 0 Å². The predicted octanol–water partition coefficient (Wildman–Crippen LogP) is -0.310. The number of nitrogens with zero attached hydrogens (tertiary/aromatic N) is 1. The van der Waals surface area contributed by atoms with Crippen molar-refractivity contribution in [1.82, 2.24) is 5.06 Å². The Hall–Kier alpha value is -0.120. The molecule has 8 heavy (non-hydrogen) atoms. The summed E-state index contributed by atoms with van der Waals surface area (Å²) in [5.41, 5.74) is 0. The van der Waals surface area contributed by atoms with Gasteiger partial charge >= 0.3 is 0 Å². The molecule has 1 saturated heterocycles. The van der Waals surface area contributed by atoms with E-state index in [9.17, 15) is 0 Å². The molecule has 0 amide bonds. The summed E-state index contributed by atoms with van der Waals surface area (Å²) >= 11 is 0. The highest BCUT2D eigenvalue weighted by Crippen LogP contribution is 2.11. The Kier molecular flexibility index (Phi) is 1.83. The predicted molar refractivity (Wildman–Crippen MR) is 28.6 cm³/mol. The van der Waals surface area contributed by atoms with E-state index in [0.29, 0.717) is 19.0 Å². The Bertz CT molecular complexity index is 76.8. The fourth-order valence-electron chi connectivity index (χ4n) is 0.961. The van der Waals surface area contributed by atoms with Crippen LogP contribution in [0.4, 0.5) is 0 Å². The summed E-state index contributed by atoms with van der Waals surface area (Å²) in [5, 5.41) is 18.5. The first-order valence-corrected chi connectivity index (χ1v) is 2.87. The van der Waals surface area contributed by atoms with E-state index in [1.807, 2.05) is 0 Å². The van der Waals surface area contributed by atoms with Crippen LogP contribution < -0.4 is 0 Å². The highest BCUT2D eigenvalue weighted by atomic mass is 16.5. The molecule has 48 valence electrons. The van der Waals surface area contributed by atoms with Crippen LogP contribution in [0.25, 0.3) is 0 Å². The van der Waals surface area contributed by atoms with E-state index in [1.165, 1.54) is 5.06 Å². The van der Waals surface area contributed by atoms with Gasteiger partial charge in [-0.25, -0.2) is 0 Å². The summed E-state index contributed by atoms with van der Waals surface area (Å²) in [5.74, 6) is 0.306. The highest BCUT2D eigenvalue weighted by Gasteiger charge is 2.19. The van der Waals surface area contributed by atoms with Gasteiger partial charge in [0.05, 0.1) is 0 Å². The van der Waals surface area contributed by atoms with Crippen molar-refractivity contribution in [1.29, 1.82) is 0 Å². The minimum Gasteiger partial charge on any atom is -0.396 e. The smallest absolute Gasteiger partial charge is 0.0472 e. The van der Waals surface area contributed by atoms with Gasteiger partial charge in [0.1, 0.15) is 0 Å². The Labute approximate surface area is 48.5 Å². The fourth-order valence-corrected chi connectivity index (χ4v) is 0.961. The van der Waals surface area contributed by atoms with Crippen LogP contribution in [0.3, 0.4) is 0 Å². The molecule has 0 radical (unpaired) electrons. The first kappa shape index (κ1) is 6.01. The average Bonchev–Trinajstić information content (AvgIpc) is 2.14. The van der Waals surface area contributed by atoms with E-state index in [2.05, 4.69) is 0 Å². The van der Waals surface area contributed by atoms with Gasteiger partial charge in [-0.2, -0.15) is 5.06 Å². The van der Waals surface area contributed by atoms with Crippen LogP contribution in [-0.4, -0.2) is 35.1 Å². The zero-order valence-electron chi connectivity index (χ0n) is 4.75. The lowest BCUT2D eigenvalue weighted by molar-refractivity contribution is -0.0727. The maximum absolute atomic E-state index is 8.75. The molecule has 0 aromatic heterocycles. The molecule has 1 fully saturated rings. The Balaban J connectivity index is 2.22. The second-order valence-corrected chi connectivity index (χ2v) is 2.25. The summed E-state index contributed by atoms with van der Waals surface area (Å²) in [6.07, 6.45) is 0.924. The van der Waals surface area contributed by atoms with Crippen molar-refractivity contribution in [2.45, 2.75) is 6.42 Å². The van der Waals surface area contributed by atoms with Crippen molar-refractivity contribution < 1.29 is 10.3 Å². The molecule has 0 aromatic carbocycles. The second kappa shape index (κ2) is 2.44. The van der Waals surface area contributed by atoms with Gasteiger partial charge in [-0.3, -0.25) is 0 Å². The van der Waals surface area contributed by atoms with Crippen LogP contribution in [0.2, 0.25) is 0 Å². The minimum absolute atomic E-state index is 0.205. The van der Waals surface area contributed by atoms with Gasteiger partial charge in [0.25, 0.3) is 0 Å². The Morgan fingerprint density at radius 3 is 2.62 bits per heavy atom. The SMILES string of the molecule is OCC1CCN(O)C1. The molecule has 3 nitrogen and oxygen atoms in total. The summed E-state index contributed by atoms with van der Waals surface area (Å²) < 4.78 is 0. The molecule has 0 aromatic rings. The Morgan fingerprint density at radius 1 is 1.62 bits per heavy atom. The van der Waals surface area contributed by atoms with Crippen molar-refractivity contribution in [2.75, 3.05) is 19.7 Å². The Morgan fingerprint density at radius 2 is 2.38 bits per heavy atom. The van der Waals surface area contributed by atoms with Crippen LogP contribution in [0.5, 0.6) is 0 Å². The van der Waals surface area contributed by atoms with Gasteiger partial charge in [0, 0.05) is 19.7 Å². The topological polar surface area (TPSA) is 43.7 Å². The number of aliphatic hydroxyl groups excluding tert-OH is 1. The van der Waals surface area contributed by atoms with E-state index in [4.69, 9.17) is 10.3 Å². The summed E-state index contributed by atoms with van der Waals surface area (Å²) in [6, 6.07) is 0. The molecule has 1 aliphatic heterocycles. The number of hydrogen-bond acceptors (Lipinski definition) is 3. The lowest BCUT2D eigenvalue weighted by Crippen LogP contribution is -2.16. The molecule has 2 N–H and O–H groups in total. The van der Waals surface area contributed by atoms with Crippen molar-refractivity contribution in [3.05, 3.63) is 0 Å². The molecule has 3 heteroatoms. The summed E-state index contributed by atoms with van der Waals surface area (Å²) in [4.78, 5) is 0. The van der Waals surface area contributed by atoms with Crippen LogP contribution in [0.1, 0.15) is 6.42 Å². The van der Waals surface area contributed by atoms with Gasteiger partial charge in [0.15, 0.2) is 0 Å². The summed E-state index contributed by atoms with van der Waals surface area (Å²) in [7, 11) is 0. The van der Waals surface area contributed by atoms with E-state index in [0.717, 1.165) is 6.42 Å². The van der Waals surface area contributed by atoms with E-state index in [-0.39, 0.29) is 6.61 Å². The van der Waals surface area contributed by atoms with Crippen molar-refractivity contribution in [3.8, 4) is 0 Å². The van der Waals surface area contributed by atoms with Crippen molar-refractivity contribution in [3.63, 3.8) is 0 Å². The van der Waals surface area contributed by atoms with Gasteiger partial charge in [0.2, 0.25) is 0 Å². The first-order chi connectivity index (χ1) is 3.83.